The normalized spacial score (nSPS) is 11.7. The molecule has 0 aromatic carbocycles. The number of aromatic nitrogens is 3. The van der Waals surface area contributed by atoms with Crippen molar-refractivity contribution in [3.05, 3.63) is 52.2 Å². The standard InChI is InChI=1S/C20H20F3N3O3S/c1-3-6-13-9-12(11-27)17(30-13)15-7-5-8-16(25-15)26-18(20(21,22)23)14(10-24-26)19(28)29-4-2/h5,7-10,27H,3-4,6,11H2,1-2H3. The number of ether oxygens (including phenoxy) is 1. The van der Waals surface area contributed by atoms with E-state index >= 15 is 0 Å². The van der Waals surface area contributed by atoms with Crippen molar-refractivity contribution in [2.45, 2.75) is 39.5 Å². The van der Waals surface area contributed by atoms with E-state index in [-0.39, 0.29) is 19.0 Å². The maximum Gasteiger partial charge on any atom is 0.434 e. The molecule has 160 valence electrons. The van der Waals surface area contributed by atoms with Gasteiger partial charge in [0.1, 0.15) is 5.56 Å². The van der Waals surface area contributed by atoms with E-state index in [1.807, 2.05) is 13.0 Å². The summed E-state index contributed by atoms with van der Waals surface area (Å²) in [6.45, 7) is 3.28. The number of carbonyl (C=O) groups excluding carboxylic acids is 1. The lowest BCUT2D eigenvalue weighted by molar-refractivity contribution is -0.143. The fourth-order valence-corrected chi connectivity index (χ4v) is 4.25. The van der Waals surface area contributed by atoms with Crippen LogP contribution in [0.2, 0.25) is 0 Å². The van der Waals surface area contributed by atoms with Gasteiger partial charge in [0, 0.05) is 4.88 Å². The van der Waals surface area contributed by atoms with Gasteiger partial charge in [0.2, 0.25) is 0 Å². The average molecular weight is 439 g/mol. The number of alkyl halides is 3. The second-order valence-corrected chi connectivity index (χ2v) is 7.53. The Hall–Kier alpha value is -2.72. The maximum atomic E-state index is 13.7. The quantitative estimate of drug-likeness (QED) is 0.543. The SMILES string of the molecule is CCCc1cc(CO)c(-c2cccc(-n3ncc(C(=O)OCC)c3C(F)(F)F)n2)s1. The predicted molar refractivity (Wildman–Crippen MR) is 106 cm³/mol. The zero-order valence-electron chi connectivity index (χ0n) is 16.4. The van der Waals surface area contributed by atoms with Gasteiger partial charge in [-0.2, -0.15) is 18.3 Å². The largest absolute Gasteiger partial charge is 0.462 e. The van der Waals surface area contributed by atoms with Gasteiger partial charge >= 0.3 is 12.1 Å². The first-order valence-corrected chi connectivity index (χ1v) is 10.1. The van der Waals surface area contributed by atoms with E-state index in [2.05, 4.69) is 10.1 Å². The molecule has 0 aliphatic rings. The molecule has 0 saturated carbocycles. The molecule has 3 heterocycles. The Bertz CT molecular complexity index is 1040. The molecule has 0 fully saturated rings. The lowest BCUT2D eigenvalue weighted by atomic mass is 10.2. The molecule has 0 unspecified atom stereocenters. The van der Waals surface area contributed by atoms with Crippen LogP contribution >= 0.6 is 11.3 Å². The minimum Gasteiger partial charge on any atom is -0.462 e. The van der Waals surface area contributed by atoms with E-state index in [9.17, 15) is 23.1 Å². The molecule has 0 aliphatic heterocycles. The van der Waals surface area contributed by atoms with Crippen LogP contribution in [0, 0.1) is 0 Å². The minimum atomic E-state index is -4.84. The molecule has 0 atom stereocenters. The Morgan fingerprint density at radius 1 is 1.30 bits per heavy atom. The Morgan fingerprint density at radius 3 is 2.70 bits per heavy atom. The van der Waals surface area contributed by atoms with Crippen LogP contribution in [0.1, 0.15) is 46.8 Å². The molecule has 0 amide bonds. The number of nitrogens with zero attached hydrogens (tertiary/aromatic N) is 3. The van der Waals surface area contributed by atoms with E-state index in [0.717, 1.165) is 23.9 Å². The van der Waals surface area contributed by atoms with E-state index in [4.69, 9.17) is 4.74 Å². The van der Waals surface area contributed by atoms with Gasteiger partial charge in [-0.1, -0.05) is 19.4 Å². The highest BCUT2D eigenvalue weighted by Crippen LogP contribution is 2.36. The highest BCUT2D eigenvalue weighted by Gasteiger charge is 2.41. The molecule has 3 rings (SSSR count). The van der Waals surface area contributed by atoms with Gasteiger partial charge in [0.25, 0.3) is 0 Å². The average Bonchev–Trinajstić information content (AvgIpc) is 3.33. The minimum absolute atomic E-state index is 0.0581. The summed E-state index contributed by atoms with van der Waals surface area (Å²) in [7, 11) is 0. The van der Waals surface area contributed by atoms with Crippen LogP contribution in [0.15, 0.2) is 30.5 Å². The number of hydrogen-bond acceptors (Lipinski definition) is 6. The van der Waals surface area contributed by atoms with E-state index in [0.29, 0.717) is 20.8 Å². The van der Waals surface area contributed by atoms with Crippen LogP contribution in [0.5, 0.6) is 0 Å². The lowest BCUT2D eigenvalue weighted by Crippen LogP contribution is -2.19. The molecule has 0 radical (unpaired) electrons. The Labute approximate surface area is 174 Å². The van der Waals surface area contributed by atoms with E-state index in [1.165, 1.54) is 24.3 Å². The summed E-state index contributed by atoms with van der Waals surface area (Å²) in [5.74, 6) is -1.19. The number of esters is 1. The van der Waals surface area contributed by atoms with Crippen molar-refractivity contribution in [3.8, 4) is 16.4 Å². The molecule has 0 bridgehead atoms. The molecule has 3 aromatic heterocycles. The molecule has 0 aliphatic carbocycles. The number of aryl methyl sites for hydroxylation is 1. The van der Waals surface area contributed by atoms with Crippen LogP contribution in [0.25, 0.3) is 16.4 Å². The fraction of sp³-hybridized carbons (Fsp3) is 0.350. The second kappa shape index (κ2) is 8.97. The van der Waals surface area contributed by atoms with Gasteiger partial charge in [-0.05, 0) is 37.1 Å². The molecule has 3 aromatic rings. The number of aliphatic hydroxyl groups is 1. The molecule has 0 spiro atoms. The summed E-state index contributed by atoms with van der Waals surface area (Å²) < 4.78 is 46.5. The Morgan fingerprint density at radius 2 is 2.07 bits per heavy atom. The number of hydrogen-bond donors (Lipinski definition) is 1. The van der Waals surface area contributed by atoms with Crippen molar-refractivity contribution in [3.63, 3.8) is 0 Å². The first-order valence-electron chi connectivity index (χ1n) is 9.32. The first-order chi connectivity index (χ1) is 14.3. The molecule has 6 nitrogen and oxygen atoms in total. The van der Waals surface area contributed by atoms with Gasteiger partial charge in [0.05, 0.1) is 30.0 Å². The van der Waals surface area contributed by atoms with Crippen LogP contribution in [0.4, 0.5) is 13.2 Å². The van der Waals surface area contributed by atoms with Crippen molar-refractivity contribution >= 4 is 17.3 Å². The zero-order valence-corrected chi connectivity index (χ0v) is 17.2. The number of carbonyl (C=O) groups is 1. The van der Waals surface area contributed by atoms with E-state index in [1.54, 1.807) is 12.1 Å². The van der Waals surface area contributed by atoms with Crippen molar-refractivity contribution in [1.82, 2.24) is 14.8 Å². The maximum absolute atomic E-state index is 13.7. The first kappa shape index (κ1) is 22.0. The van der Waals surface area contributed by atoms with Gasteiger partial charge < -0.3 is 9.84 Å². The molecule has 1 N–H and O–H groups in total. The van der Waals surface area contributed by atoms with Gasteiger partial charge in [-0.15, -0.1) is 11.3 Å². The van der Waals surface area contributed by atoms with Crippen LogP contribution < -0.4 is 0 Å². The number of rotatable bonds is 7. The van der Waals surface area contributed by atoms with Gasteiger partial charge in [-0.3, -0.25) is 0 Å². The third-order valence-corrected chi connectivity index (χ3v) is 5.50. The molecule has 0 saturated heterocycles. The van der Waals surface area contributed by atoms with Crippen molar-refractivity contribution < 1.29 is 27.8 Å². The lowest BCUT2D eigenvalue weighted by Gasteiger charge is -2.12. The Kier molecular flexibility index (Phi) is 6.57. The summed E-state index contributed by atoms with van der Waals surface area (Å²) >= 11 is 1.44. The summed E-state index contributed by atoms with van der Waals surface area (Å²) in [5.41, 5.74) is -0.832. The van der Waals surface area contributed by atoms with Crippen molar-refractivity contribution in [2.24, 2.45) is 0 Å². The number of thiophene rings is 1. The molecule has 30 heavy (non-hydrogen) atoms. The van der Waals surface area contributed by atoms with Crippen molar-refractivity contribution in [1.29, 1.82) is 0 Å². The highest BCUT2D eigenvalue weighted by atomic mass is 32.1. The number of halogens is 3. The van der Waals surface area contributed by atoms with E-state index < -0.39 is 23.4 Å². The van der Waals surface area contributed by atoms with Gasteiger partial charge in [0.15, 0.2) is 11.5 Å². The number of aliphatic hydroxyl groups excluding tert-OH is 1. The summed E-state index contributed by atoms with van der Waals surface area (Å²) in [6, 6.07) is 6.47. The highest BCUT2D eigenvalue weighted by molar-refractivity contribution is 7.15. The second-order valence-electron chi connectivity index (χ2n) is 6.39. The van der Waals surface area contributed by atoms with Crippen LogP contribution in [-0.4, -0.2) is 32.4 Å². The third kappa shape index (κ3) is 4.39. The zero-order chi connectivity index (χ0) is 21.9. The van der Waals surface area contributed by atoms with Crippen molar-refractivity contribution in [2.75, 3.05) is 6.61 Å². The molecular weight excluding hydrogens is 419 g/mol. The summed E-state index contributed by atoms with van der Waals surface area (Å²) in [4.78, 5) is 18.1. The summed E-state index contributed by atoms with van der Waals surface area (Å²) in [5, 5.41) is 13.4. The van der Waals surface area contributed by atoms with Crippen LogP contribution in [0.3, 0.4) is 0 Å². The topological polar surface area (TPSA) is 77.2 Å². The Balaban J connectivity index is 2.10. The van der Waals surface area contributed by atoms with Crippen LogP contribution in [-0.2, 0) is 23.9 Å². The fourth-order valence-electron chi connectivity index (χ4n) is 3.01. The third-order valence-electron chi connectivity index (χ3n) is 4.24. The monoisotopic (exact) mass is 439 g/mol. The smallest absolute Gasteiger partial charge is 0.434 e. The number of pyridine rings is 1. The molecular formula is C20H20F3N3O3S. The predicted octanol–water partition coefficient (Wildman–Crippen LogP) is 4.64. The summed E-state index contributed by atoms with van der Waals surface area (Å²) in [6.07, 6.45) is -2.25. The molecule has 10 heteroatoms. The van der Waals surface area contributed by atoms with Gasteiger partial charge in [-0.25, -0.2) is 14.5 Å².